The summed E-state index contributed by atoms with van der Waals surface area (Å²) in [5.41, 5.74) is 4.18. The van der Waals surface area contributed by atoms with E-state index in [9.17, 15) is 9.59 Å². The van der Waals surface area contributed by atoms with Crippen molar-refractivity contribution < 1.29 is 9.59 Å². The molecule has 6 heteroatoms. The number of benzene rings is 3. The maximum absolute atomic E-state index is 13.4. The largest absolute Gasteiger partial charge is 0.332 e. The molecule has 2 amide bonds. The van der Waals surface area contributed by atoms with Crippen molar-refractivity contribution in [1.82, 2.24) is 14.7 Å². The van der Waals surface area contributed by atoms with Crippen molar-refractivity contribution in [3.63, 3.8) is 0 Å². The lowest BCUT2D eigenvalue weighted by Gasteiger charge is -2.17. The molecule has 0 unspecified atom stereocenters. The van der Waals surface area contributed by atoms with E-state index in [0.29, 0.717) is 29.1 Å². The Hall–Kier alpha value is -4.63. The topological polar surface area (TPSA) is 67.2 Å². The van der Waals surface area contributed by atoms with Crippen LogP contribution >= 0.6 is 0 Å². The second kappa shape index (κ2) is 10.3. The Balaban J connectivity index is 1.54. The van der Waals surface area contributed by atoms with Crippen molar-refractivity contribution >= 4 is 17.5 Å². The average Bonchev–Trinajstić information content (AvgIpc) is 3.28. The maximum Gasteiger partial charge on any atom is 0.257 e. The number of rotatable bonds is 7. The van der Waals surface area contributed by atoms with Gasteiger partial charge in [-0.2, -0.15) is 5.10 Å². The van der Waals surface area contributed by atoms with Crippen molar-refractivity contribution in [2.24, 2.45) is 0 Å². The van der Waals surface area contributed by atoms with E-state index < -0.39 is 0 Å². The molecule has 0 aliphatic carbocycles. The van der Waals surface area contributed by atoms with Gasteiger partial charge in [0, 0.05) is 30.1 Å². The fourth-order valence-corrected chi connectivity index (χ4v) is 3.62. The van der Waals surface area contributed by atoms with Gasteiger partial charge in [0.25, 0.3) is 5.91 Å². The predicted molar refractivity (Wildman–Crippen MR) is 133 cm³/mol. The van der Waals surface area contributed by atoms with Crippen LogP contribution < -0.4 is 5.32 Å². The normalized spacial score (nSPS) is 10.4. The van der Waals surface area contributed by atoms with Crippen LogP contribution in [0.15, 0.2) is 91.1 Å². The van der Waals surface area contributed by atoms with Gasteiger partial charge < -0.3 is 10.2 Å². The minimum Gasteiger partial charge on any atom is -0.332 e. The fraction of sp³-hybridized carbons (Fsp3) is 0.107. The standard InChI is InChI=1S/C28H24N4O2/c1-3-21-13-10-16-24(17-21)29-26(33)20-31(2)28(34)25-19-32(18-22-11-6-4-7-12-22)30-27(25)23-14-8-5-9-15-23/h1,4-17,19H,18,20H2,2H3,(H,29,33). The molecule has 1 N–H and O–H groups in total. The lowest BCUT2D eigenvalue weighted by Crippen LogP contribution is -2.35. The molecule has 4 aromatic rings. The number of terminal acetylenes is 1. The highest BCUT2D eigenvalue weighted by molar-refractivity contribution is 6.02. The second-order valence-electron chi connectivity index (χ2n) is 7.88. The molecule has 0 aliphatic heterocycles. The van der Waals surface area contributed by atoms with Crippen LogP contribution in [0.2, 0.25) is 0 Å². The van der Waals surface area contributed by atoms with E-state index in [2.05, 4.69) is 11.2 Å². The Bertz CT molecular complexity index is 1340. The lowest BCUT2D eigenvalue weighted by atomic mass is 10.1. The molecule has 0 atom stereocenters. The zero-order valence-electron chi connectivity index (χ0n) is 18.8. The summed E-state index contributed by atoms with van der Waals surface area (Å²) < 4.78 is 1.75. The van der Waals surface area contributed by atoms with Gasteiger partial charge in [0.1, 0.15) is 5.69 Å². The molecular formula is C28H24N4O2. The first-order valence-corrected chi connectivity index (χ1v) is 10.8. The predicted octanol–water partition coefficient (Wildman–Crippen LogP) is 4.29. The number of amides is 2. The Labute approximate surface area is 198 Å². The molecule has 0 aliphatic rings. The smallest absolute Gasteiger partial charge is 0.257 e. The summed E-state index contributed by atoms with van der Waals surface area (Å²) in [5.74, 6) is 1.93. The van der Waals surface area contributed by atoms with E-state index in [-0.39, 0.29) is 18.4 Å². The van der Waals surface area contributed by atoms with Gasteiger partial charge >= 0.3 is 0 Å². The molecule has 1 heterocycles. The van der Waals surface area contributed by atoms with Crippen LogP contribution in [0, 0.1) is 12.3 Å². The molecule has 34 heavy (non-hydrogen) atoms. The Kier molecular flexibility index (Phi) is 6.85. The van der Waals surface area contributed by atoms with Crippen molar-refractivity contribution in [1.29, 1.82) is 0 Å². The monoisotopic (exact) mass is 448 g/mol. The van der Waals surface area contributed by atoms with Crippen molar-refractivity contribution in [2.45, 2.75) is 6.54 Å². The van der Waals surface area contributed by atoms with E-state index in [0.717, 1.165) is 11.1 Å². The first-order chi connectivity index (χ1) is 16.5. The van der Waals surface area contributed by atoms with Gasteiger partial charge in [0.15, 0.2) is 0 Å². The number of aromatic nitrogens is 2. The van der Waals surface area contributed by atoms with Crippen LogP contribution in [0.3, 0.4) is 0 Å². The van der Waals surface area contributed by atoms with E-state index in [1.807, 2.05) is 60.7 Å². The third kappa shape index (κ3) is 5.40. The van der Waals surface area contributed by atoms with Crippen molar-refractivity contribution in [3.05, 3.63) is 108 Å². The summed E-state index contributed by atoms with van der Waals surface area (Å²) in [6.07, 6.45) is 7.16. The van der Waals surface area contributed by atoms with Gasteiger partial charge in [-0.1, -0.05) is 72.7 Å². The summed E-state index contributed by atoms with van der Waals surface area (Å²) in [6, 6.07) is 26.5. The molecule has 6 nitrogen and oxygen atoms in total. The zero-order chi connectivity index (χ0) is 23.9. The molecule has 0 bridgehead atoms. The maximum atomic E-state index is 13.4. The number of carbonyl (C=O) groups excluding carboxylic acids is 2. The highest BCUT2D eigenvalue weighted by atomic mass is 16.2. The second-order valence-corrected chi connectivity index (χ2v) is 7.88. The average molecular weight is 449 g/mol. The molecule has 0 fully saturated rings. The number of anilines is 1. The van der Waals surface area contributed by atoms with E-state index in [1.165, 1.54) is 4.90 Å². The van der Waals surface area contributed by atoms with Crippen LogP contribution in [0.1, 0.15) is 21.5 Å². The molecule has 0 saturated heterocycles. The number of nitrogens with zero attached hydrogens (tertiary/aromatic N) is 3. The highest BCUT2D eigenvalue weighted by Gasteiger charge is 2.22. The van der Waals surface area contributed by atoms with E-state index in [4.69, 9.17) is 11.5 Å². The Morgan fingerprint density at radius 1 is 1.00 bits per heavy atom. The molecule has 168 valence electrons. The fourth-order valence-electron chi connectivity index (χ4n) is 3.62. The summed E-state index contributed by atoms with van der Waals surface area (Å²) in [7, 11) is 1.60. The molecule has 0 radical (unpaired) electrons. The van der Waals surface area contributed by atoms with Crippen molar-refractivity contribution in [3.8, 4) is 23.6 Å². The van der Waals surface area contributed by atoms with Crippen molar-refractivity contribution in [2.75, 3.05) is 18.9 Å². The number of nitrogens with one attached hydrogen (secondary N) is 1. The number of hydrogen-bond acceptors (Lipinski definition) is 3. The molecule has 0 spiro atoms. The van der Waals surface area contributed by atoms with Gasteiger partial charge in [-0.3, -0.25) is 14.3 Å². The summed E-state index contributed by atoms with van der Waals surface area (Å²) in [6.45, 7) is 0.418. The molecule has 0 saturated carbocycles. The van der Waals surface area contributed by atoms with E-state index >= 15 is 0 Å². The third-order valence-corrected chi connectivity index (χ3v) is 5.27. The van der Waals surface area contributed by atoms with Crippen LogP contribution in [-0.4, -0.2) is 40.1 Å². The number of hydrogen-bond donors (Lipinski definition) is 1. The minimum absolute atomic E-state index is 0.114. The SMILES string of the molecule is C#Cc1cccc(NC(=O)CN(C)C(=O)c2cn(Cc3ccccc3)nc2-c2ccccc2)c1. The van der Waals surface area contributed by atoms with Gasteiger partial charge in [-0.05, 0) is 23.8 Å². The Morgan fingerprint density at radius 2 is 1.71 bits per heavy atom. The van der Waals surface area contributed by atoms with Crippen LogP contribution in [0.25, 0.3) is 11.3 Å². The first-order valence-electron chi connectivity index (χ1n) is 10.8. The van der Waals surface area contributed by atoms with Gasteiger partial charge in [0.2, 0.25) is 5.91 Å². The van der Waals surface area contributed by atoms with Gasteiger partial charge in [-0.25, -0.2) is 0 Å². The molecule has 1 aromatic heterocycles. The van der Waals surface area contributed by atoms with Gasteiger partial charge in [-0.15, -0.1) is 6.42 Å². The van der Waals surface area contributed by atoms with Crippen LogP contribution in [0.5, 0.6) is 0 Å². The summed E-state index contributed by atoms with van der Waals surface area (Å²) >= 11 is 0. The Morgan fingerprint density at radius 3 is 2.41 bits per heavy atom. The summed E-state index contributed by atoms with van der Waals surface area (Å²) in [4.78, 5) is 27.3. The molecule has 4 rings (SSSR count). The molecule has 3 aromatic carbocycles. The van der Waals surface area contributed by atoms with Crippen LogP contribution in [0.4, 0.5) is 5.69 Å². The van der Waals surface area contributed by atoms with E-state index in [1.54, 1.807) is 42.2 Å². The molecular weight excluding hydrogens is 424 g/mol. The number of carbonyl (C=O) groups is 2. The lowest BCUT2D eigenvalue weighted by molar-refractivity contribution is -0.116. The summed E-state index contributed by atoms with van der Waals surface area (Å²) in [5, 5.41) is 7.48. The quantitative estimate of drug-likeness (QED) is 0.429. The minimum atomic E-state index is -0.317. The van der Waals surface area contributed by atoms with Gasteiger partial charge in [0.05, 0.1) is 18.7 Å². The van der Waals surface area contributed by atoms with Crippen LogP contribution in [-0.2, 0) is 11.3 Å². The zero-order valence-corrected chi connectivity index (χ0v) is 18.8. The third-order valence-electron chi connectivity index (χ3n) is 5.27. The number of likely N-dealkylation sites (N-methyl/N-ethyl adjacent to an activating group) is 1. The first kappa shape index (κ1) is 22.6. The highest BCUT2D eigenvalue weighted by Crippen LogP contribution is 2.23.